The molecule has 1 aliphatic rings. The molecule has 8 heteroatoms. The maximum atomic E-state index is 13.6. The fraction of sp³-hybridized carbons (Fsp3) is 0.292. The first kappa shape index (κ1) is 20.2. The van der Waals surface area contributed by atoms with Crippen molar-refractivity contribution in [2.45, 2.75) is 13.3 Å². The Morgan fingerprint density at radius 2 is 1.72 bits per heavy atom. The molecule has 0 spiro atoms. The minimum atomic E-state index is -0.256. The highest BCUT2D eigenvalue weighted by Crippen LogP contribution is 2.29. The highest BCUT2D eigenvalue weighted by atomic mass is 19.1. The summed E-state index contributed by atoms with van der Waals surface area (Å²) in [7, 11) is 1.71. The second-order valence-electron chi connectivity index (χ2n) is 7.95. The van der Waals surface area contributed by atoms with Crippen molar-refractivity contribution in [3.8, 4) is 5.75 Å². The molecule has 0 amide bonds. The molecule has 1 fully saturated rings. The first-order valence-electron chi connectivity index (χ1n) is 10.7. The van der Waals surface area contributed by atoms with Crippen molar-refractivity contribution in [2.75, 3.05) is 43.1 Å². The smallest absolute Gasteiger partial charge is 0.254 e. The van der Waals surface area contributed by atoms with E-state index in [4.69, 9.17) is 9.84 Å². The summed E-state index contributed by atoms with van der Waals surface area (Å²) in [6.07, 6.45) is 0.460. The number of halogens is 1. The Balaban J connectivity index is 1.39. The number of nitrogens with zero attached hydrogens (tertiary/aromatic N) is 6. The van der Waals surface area contributed by atoms with Crippen molar-refractivity contribution in [1.29, 1.82) is 0 Å². The predicted molar refractivity (Wildman–Crippen MR) is 122 cm³/mol. The molecule has 2 aromatic carbocycles. The topological polar surface area (TPSA) is 58.8 Å². The molecule has 0 atom stereocenters. The van der Waals surface area contributed by atoms with Gasteiger partial charge >= 0.3 is 0 Å². The number of aromatic nitrogens is 4. The molecule has 0 saturated carbocycles. The molecule has 3 heterocycles. The summed E-state index contributed by atoms with van der Waals surface area (Å²) in [5, 5.41) is 4.70. The van der Waals surface area contributed by atoms with Gasteiger partial charge in [-0.1, -0.05) is 24.3 Å². The molecule has 32 heavy (non-hydrogen) atoms. The molecule has 4 aromatic rings. The van der Waals surface area contributed by atoms with E-state index in [1.165, 1.54) is 12.1 Å². The summed E-state index contributed by atoms with van der Waals surface area (Å²) in [4.78, 5) is 13.8. The number of rotatable bonds is 5. The van der Waals surface area contributed by atoms with Crippen LogP contribution in [0.15, 0.2) is 54.6 Å². The summed E-state index contributed by atoms with van der Waals surface area (Å²) in [6, 6.07) is 16.7. The van der Waals surface area contributed by atoms with Crippen LogP contribution in [0.1, 0.15) is 17.1 Å². The highest BCUT2D eigenvalue weighted by molar-refractivity contribution is 5.60. The molecule has 0 unspecified atom stereocenters. The lowest BCUT2D eigenvalue weighted by Crippen LogP contribution is -2.47. The van der Waals surface area contributed by atoms with Crippen molar-refractivity contribution in [3.05, 3.63) is 77.5 Å². The first-order chi connectivity index (χ1) is 15.6. The molecule has 164 valence electrons. The molecule has 0 radical (unpaired) electrons. The third kappa shape index (κ3) is 3.95. The van der Waals surface area contributed by atoms with E-state index >= 15 is 0 Å². The zero-order valence-corrected chi connectivity index (χ0v) is 18.2. The molecular weight excluding hydrogens is 407 g/mol. The van der Waals surface area contributed by atoms with E-state index in [1.807, 2.05) is 37.3 Å². The fourth-order valence-electron chi connectivity index (χ4n) is 4.21. The van der Waals surface area contributed by atoms with Gasteiger partial charge in [-0.25, -0.2) is 9.37 Å². The minimum absolute atomic E-state index is 0.256. The van der Waals surface area contributed by atoms with Gasteiger partial charge in [0.15, 0.2) is 5.82 Å². The summed E-state index contributed by atoms with van der Waals surface area (Å²) in [5.41, 5.74) is 2.85. The van der Waals surface area contributed by atoms with Gasteiger partial charge < -0.3 is 14.5 Å². The van der Waals surface area contributed by atoms with Crippen LogP contribution < -0.4 is 14.5 Å². The lowest BCUT2D eigenvalue weighted by atomic mass is 10.1. The van der Waals surface area contributed by atoms with Gasteiger partial charge in [-0.05, 0) is 36.8 Å². The van der Waals surface area contributed by atoms with Gasteiger partial charge in [0.1, 0.15) is 17.4 Å². The van der Waals surface area contributed by atoms with Gasteiger partial charge in [-0.2, -0.15) is 9.50 Å². The van der Waals surface area contributed by atoms with Crippen molar-refractivity contribution in [1.82, 2.24) is 19.6 Å². The van der Waals surface area contributed by atoms with Crippen LogP contribution in [0.3, 0.4) is 0 Å². The van der Waals surface area contributed by atoms with Crippen LogP contribution in [0, 0.1) is 12.7 Å². The van der Waals surface area contributed by atoms with Crippen LogP contribution in [-0.4, -0.2) is 52.9 Å². The summed E-state index contributed by atoms with van der Waals surface area (Å²) in [6.45, 7) is 5.39. The number of aryl methyl sites for hydroxylation is 1. The number of anilines is 2. The molecule has 2 aromatic heterocycles. The number of para-hydroxylation sites is 2. The quantitative estimate of drug-likeness (QED) is 0.481. The standard InChI is InChI=1S/C24H25FN6O/c1-17-14-23(30-12-10-29(11-13-30)20-8-3-4-9-21(20)32-2)31-24(26-17)27-22(28-31)16-18-6-5-7-19(25)15-18/h3-9,14-15H,10-13,16H2,1-2H3. The molecule has 1 saturated heterocycles. The summed E-state index contributed by atoms with van der Waals surface area (Å²) < 4.78 is 20.9. The number of hydrogen-bond acceptors (Lipinski definition) is 6. The Hall–Kier alpha value is -3.68. The summed E-state index contributed by atoms with van der Waals surface area (Å²) in [5.74, 6) is 2.81. The molecule has 0 bridgehead atoms. The third-order valence-electron chi connectivity index (χ3n) is 5.75. The first-order valence-corrected chi connectivity index (χ1v) is 10.7. The van der Waals surface area contributed by atoms with Crippen molar-refractivity contribution in [3.63, 3.8) is 0 Å². The van der Waals surface area contributed by atoms with Gasteiger partial charge in [-0.3, -0.25) is 0 Å². The zero-order chi connectivity index (χ0) is 22.1. The van der Waals surface area contributed by atoms with E-state index in [0.717, 1.165) is 54.7 Å². The van der Waals surface area contributed by atoms with E-state index in [-0.39, 0.29) is 5.82 Å². The van der Waals surface area contributed by atoms with Crippen LogP contribution >= 0.6 is 0 Å². The molecule has 0 aliphatic carbocycles. The van der Waals surface area contributed by atoms with Gasteiger partial charge in [0.25, 0.3) is 5.78 Å². The van der Waals surface area contributed by atoms with Crippen LogP contribution in [0.4, 0.5) is 15.9 Å². The SMILES string of the molecule is COc1ccccc1N1CCN(c2cc(C)nc3nc(Cc4cccc(F)c4)nn23)CC1. The predicted octanol–water partition coefficient (Wildman–Crippen LogP) is 3.50. The Kier molecular flexibility index (Phi) is 5.34. The van der Waals surface area contributed by atoms with E-state index in [1.54, 1.807) is 17.7 Å². The zero-order valence-electron chi connectivity index (χ0n) is 18.2. The molecule has 7 nitrogen and oxygen atoms in total. The molecule has 1 aliphatic heterocycles. The van der Waals surface area contributed by atoms with Crippen LogP contribution in [0.2, 0.25) is 0 Å². The lowest BCUT2D eigenvalue weighted by Gasteiger charge is -2.37. The Bertz CT molecular complexity index is 1250. The number of benzene rings is 2. The Morgan fingerprint density at radius 1 is 0.938 bits per heavy atom. The van der Waals surface area contributed by atoms with Crippen molar-refractivity contribution in [2.24, 2.45) is 0 Å². The van der Waals surface area contributed by atoms with Gasteiger partial charge in [-0.15, -0.1) is 5.10 Å². The largest absolute Gasteiger partial charge is 0.495 e. The monoisotopic (exact) mass is 432 g/mol. The fourth-order valence-corrected chi connectivity index (χ4v) is 4.21. The van der Waals surface area contributed by atoms with Crippen molar-refractivity contribution < 1.29 is 9.13 Å². The molecule has 0 N–H and O–H groups in total. The number of ether oxygens (including phenoxy) is 1. The van der Waals surface area contributed by atoms with Crippen LogP contribution in [-0.2, 0) is 6.42 Å². The number of methoxy groups -OCH3 is 1. The van der Waals surface area contributed by atoms with E-state index in [9.17, 15) is 4.39 Å². The second kappa shape index (κ2) is 8.45. The van der Waals surface area contributed by atoms with Crippen molar-refractivity contribution >= 4 is 17.3 Å². The van der Waals surface area contributed by atoms with E-state index in [2.05, 4.69) is 25.8 Å². The third-order valence-corrected chi connectivity index (χ3v) is 5.75. The Morgan fingerprint density at radius 3 is 2.50 bits per heavy atom. The normalized spacial score (nSPS) is 14.2. The minimum Gasteiger partial charge on any atom is -0.495 e. The Labute approximate surface area is 186 Å². The van der Waals surface area contributed by atoms with Gasteiger partial charge in [0.2, 0.25) is 0 Å². The van der Waals surface area contributed by atoms with E-state index in [0.29, 0.717) is 18.0 Å². The van der Waals surface area contributed by atoms with E-state index < -0.39 is 0 Å². The highest BCUT2D eigenvalue weighted by Gasteiger charge is 2.22. The van der Waals surface area contributed by atoms with Crippen LogP contribution in [0.5, 0.6) is 5.75 Å². The maximum Gasteiger partial charge on any atom is 0.254 e. The van der Waals surface area contributed by atoms with Gasteiger partial charge in [0, 0.05) is 44.4 Å². The average Bonchev–Trinajstić information content (AvgIpc) is 3.20. The second-order valence-corrected chi connectivity index (χ2v) is 7.95. The number of piperazine rings is 1. The number of hydrogen-bond donors (Lipinski definition) is 0. The lowest BCUT2D eigenvalue weighted by molar-refractivity contribution is 0.413. The van der Waals surface area contributed by atoms with Gasteiger partial charge in [0.05, 0.1) is 12.8 Å². The molecular formula is C24H25FN6O. The maximum absolute atomic E-state index is 13.6. The number of fused-ring (bicyclic) bond motifs is 1. The molecule has 5 rings (SSSR count). The summed E-state index contributed by atoms with van der Waals surface area (Å²) >= 11 is 0. The van der Waals surface area contributed by atoms with Crippen LogP contribution in [0.25, 0.3) is 5.78 Å². The average molecular weight is 433 g/mol.